The summed E-state index contributed by atoms with van der Waals surface area (Å²) in [6.07, 6.45) is 0. The van der Waals surface area contributed by atoms with E-state index in [1.165, 1.54) is 5.39 Å². The second-order valence-corrected chi connectivity index (χ2v) is 12.2. The van der Waals surface area contributed by atoms with Gasteiger partial charge in [-0.1, -0.05) is 127 Å². The molecule has 1 aromatic heterocycles. The number of hydrogen-bond acceptors (Lipinski definition) is 3. The lowest BCUT2D eigenvalue weighted by Crippen LogP contribution is -2.17. The maximum atomic E-state index is 6.72. The van der Waals surface area contributed by atoms with Gasteiger partial charge < -0.3 is 14.2 Å². The summed E-state index contributed by atoms with van der Waals surface area (Å²) >= 11 is 0. The molecular weight excluding hydrogens is 597 g/mol. The van der Waals surface area contributed by atoms with E-state index >= 15 is 0 Å². The number of anilines is 6. The van der Waals surface area contributed by atoms with Gasteiger partial charge in [0.1, 0.15) is 11.2 Å². The standard InChI is InChI=1S/C46H32N2O/c1-5-17-33(18-6-1)39-27-15-16-28-42(39)48(38-25-11-4-12-26-38)43-31-41-40-29-34-19-13-14-20-35(34)30-45(40)49-46(41)32-44(43)47(36-21-7-2-8-22-36)37-23-9-3-10-24-37/h1-32H. The Hall–Kier alpha value is -6.58. The Kier molecular flexibility index (Phi) is 7.14. The first-order valence-electron chi connectivity index (χ1n) is 16.6. The van der Waals surface area contributed by atoms with E-state index in [9.17, 15) is 0 Å². The Labute approximate surface area is 285 Å². The third-order valence-electron chi connectivity index (χ3n) is 9.19. The molecule has 0 saturated heterocycles. The van der Waals surface area contributed by atoms with Crippen molar-refractivity contribution >= 4 is 66.8 Å². The fourth-order valence-electron chi connectivity index (χ4n) is 6.94. The molecule has 0 unspecified atom stereocenters. The van der Waals surface area contributed by atoms with Crippen molar-refractivity contribution < 1.29 is 4.42 Å². The third kappa shape index (κ3) is 5.18. The molecule has 232 valence electrons. The number of fused-ring (bicyclic) bond motifs is 4. The van der Waals surface area contributed by atoms with E-state index in [0.717, 1.165) is 72.6 Å². The molecule has 1 heterocycles. The fraction of sp³-hybridized carbons (Fsp3) is 0. The van der Waals surface area contributed by atoms with Gasteiger partial charge >= 0.3 is 0 Å². The maximum Gasteiger partial charge on any atom is 0.137 e. The minimum atomic E-state index is 0.838. The van der Waals surface area contributed by atoms with Crippen molar-refractivity contribution in [1.82, 2.24) is 0 Å². The predicted octanol–water partition coefficient (Wildman–Crippen LogP) is 13.3. The van der Waals surface area contributed by atoms with Crippen LogP contribution in [0.5, 0.6) is 0 Å². The van der Waals surface area contributed by atoms with Gasteiger partial charge in [-0.3, -0.25) is 0 Å². The number of para-hydroxylation sites is 4. The van der Waals surface area contributed by atoms with E-state index in [2.05, 4.69) is 204 Å². The van der Waals surface area contributed by atoms with Gasteiger partial charge in [0.25, 0.3) is 0 Å². The van der Waals surface area contributed by atoms with Crippen molar-refractivity contribution in [3.63, 3.8) is 0 Å². The number of rotatable bonds is 7. The summed E-state index contributed by atoms with van der Waals surface area (Å²) in [7, 11) is 0. The summed E-state index contributed by atoms with van der Waals surface area (Å²) in [6.45, 7) is 0. The van der Waals surface area contributed by atoms with Crippen LogP contribution in [-0.4, -0.2) is 0 Å². The minimum Gasteiger partial charge on any atom is -0.456 e. The lowest BCUT2D eigenvalue weighted by Gasteiger charge is -2.34. The van der Waals surface area contributed by atoms with Crippen LogP contribution >= 0.6 is 0 Å². The van der Waals surface area contributed by atoms with Crippen LogP contribution < -0.4 is 9.80 Å². The van der Waals surface area contributed by atoms with Gasteiger partial charge in [0.15, 0.2) is 0 Å². The van der Waals surface area contributed by atoms with Gasteiger partial charge in [0, 0.05) is 39.5 Å². The number of furan rings is 1. The van der Waals surface area contributed by atoms with Crippen molar-refractivity contribution in [3.05, 3.63) is 194 Å². The summed E-state index contributed by atoms with van der Waals surface area (Å²) in [5, 5.41) is 4.51. The first-order chi connectivity index (χ1) is 24.3. The van der Waals surface area contributed by atoms with Gasteiger partial charge in [0.05, 0.1) is 17.1 Å². The van der Waals surface area contributed by atoms with Crippen molar-refractivity contribution in [3.8, 4) is 11.1 Å². The van der Waals surface area contributed by atoms with Crippen LogP contribution in [-0.2, 0) is 0 Å². The second-order valence-electron chi connectivity index (χ2n) is 12.2. The molecule has 0 fully saturated rings. The van der Waals surface area contributed by atoms with Gasteiger partial charge in [0.2, 0.25) is 0 Å². The van der Waals surface area contributed by atoms with E-state index in [4.69, 9.17) is 4.42 Å². The summed E-state index contributed by atoms with van der Waals surface area (Å²) in [5.74, 6) is 0. The SMILES string of the molecule is c1ccc(-c2ccccc2N(c2ccccc2)c2cc3c(cc2N(c2ccccc2)c2ccccc2)oc2cc4ccccc4cc23)cc1. The number of hydrogen-bond donors (Lipinski definition) is 0. The van der Waals surface area contributed by atoms with Crippen molar-refractivity contribution in [2.24, 2.45) is 0 Å². The fourth-order valence-corrected chi connectivity index (χ4v) is 6.94. The molecule has 49 heavy (non-hydrogen) atoms. The summed E-state index contributed by atoms with van der Waals surface area (Å²) in [5.41, 5.74) is 10.3. The van der Waals surface area contributed by atoms with Crippen molar-refractivity contribution in [2.75, 3.05) is 9.80 Å². The highest BCUT2D eigenvalue weighted by molar-refractivity contribution is 6.13. The molecule has 0 amide bonds. The minimum absolute atomic E-state index is 0.838. The van der Waals surface area contributed by atoms with Crippen LogP contribution in [0.1, 0.15) is 0 Å². The molecule has 0 spiro atoms. The molecule has 0 radical (unpaired) electrons. The molecule has 0 aliphatic carbocycles. The molecule has 9 rings (SSSR count). The third-order valence-corrected chi connectivity index (χ3v) is 9.19. The molecule has 0 bridgehead atoms. The highest BCUT2D eigenvalue weighted by Gasteiger charge is 2.26. The van der Waals surface area contributed by atoms with Gasteiger partial charge in [-0.15, -0.1) is 0 Å². The predicted molar refractivity (Wildman–Crippen MR) is 206 cm³/mol. The molecule has 0 saturated carbocycles. The molecular formula is C46H32N2O. The van der Waals surface area contributed by atoms with E-state index in [1.807, 2.05) is 0 Å². The molecule has 0 aliphatic heterocycles. The summed E-state index contributed by atoms with van der Waals surface area (Å²) in [4.78, 5) is 4.73. The first-order valence-corrected chi connectivity index (χ1v) is 16.6. The molecule has 9 aromatic rings. The number of benzene rings is 8. The largest absolute Gasteiger partial charge is 0.456 e. The van der Waals surface area contributed by atoms with Crippen molar-refractivity contribution in [2.45, 2.75) is 0 Å². The zero-order chi connectivity index (χ0) is 32.6. The second kappa shape index (κ2) is 12.2. The normalized spacial score (nSPS) is 11.3. The smallest absolute Gasteiger partial charge is 0.137 e. The highest BCUT2D eigenvalue weighted by atomic mass is 16.3. The highest BCUT2D eigenvalue weighted by Crippen LogP contribution is 2.50. The Morgan fingerprint density at radius 2 is 0.776 bits per heavy atom. The molecule has 3 heteroatoms. The van der Waals surface area contributed by atoms with Crippen LogP contribution in [0, 0.1) is 0 Å². The molecule has 8 aromatic carbocycles. The Balaban J connectivity index is 1.41. The monoisotopic (exact) mass is 628 g/mol. The molecule has 0 atom stereocenters. The molecule has 0 N–H and O–H groups in total. The van der Waals surface area contributed by atoms with Gasteiger partial charge in [-0.05, 0) is 77.0 Å². The molecule has 0 aliphatic rings. The van der Waals surface area contributed by atoms with Crippen molar-refractivity contribution in [1.29, 1.82) is 0 Å². The zero-order valence-electron chi connectivity index (χ0n) is 26.8. The maximum absolute atomic E-state index is 6.72. The average Bonchev–Trinajstić information content (AvgIpc) is 3.52. The number of nitrogens with zero attached hydrogens (tertiary/aromatic N) is 2. The van der Waals surface area contributed by atoms with Crippen LogP contribution in [0.4, 0.5) is 34.1 Å². The Morgan fingerprint density at radius 3 is 1.41 bits per heavy atom. The summed E-state index contributed by atoms with van der Waals surface area (Å²) < 4.78 is 6.72. The topological polar surface area (TPSA) is 19.6 Å². The quantitative estimate of drug-likeness (QED) is 0.175. The van der Waals surface area contributed by atoms with Crippen LogP contribution in [0.2, 0.25) is 0 Å². The van der Waals surface area contributed by atoms with E-state index in [1.54, 1.807) is 0 Å². The first kappa shape index (κ1) is 28.6. The lowest BCUT2D eigenvalue weighted by molar-refractivity contribution is 0.669. The van der Waals surface area contributed by atoms with E-state index in [-0.39, 0.29) is 0 Å². The van der Waals surface area contributed by atoms with Crippen LogP contribution in [0.3, 0.4) is 0 Å². The Bertz CT molecular complexity index is 2500. The Morgan fingerprint density at radius 1 is 0.327 bits per heavy atom. The molecule has 3 nitrogen and oxygen atoms in total. The van der Waals surface area contributed by atoms with E-state index in [0.29, 0.717) is 0 Å². The van der Waals surface area contributed by atoms with Gasteiger partial charge in [-0.2, -0.15) is 0 Å². The van der Waals surface area contributed by atoms with Gasteiger partial charge in [-0.25, -0.2) is 0 Å². The average molecular weight is 629 g/mol. The summed E-state index contributed by atoms with van der Waals surface area (Å²) in [6, 6.07) is 68.6. The lowest BCUT2D eigenvalue weighted by atomic mass is 10.0. The van der Waals surface area contributed by atoms with Crippen LogP contribution in [0.15, 0.2) is 199 Å². The van der Waals surface area contributed by atoms with E-state index < -0.39 is 0 Å². The zero-order valence-corrected chi connectivity index (χ0v) is 26.8. The van der Waals surface area contributed by atoms with Crippen LogP contribution in [0.25, 0.3) is 43.8 Å².